The minimum absolute atomic E-state index is 0.109. The summed E-state index contributed by atoms with van der Waals surface area (Å²) < 4.78 is 5.65. The molecule has 24 heavy (non-hydrogen) atoms. The first kappa shape index (κ1) is 15.3. The van der Waals surface area contributed by atoms with E-state index in [-0.39, 0.29) is 11.9 Å². The summed E-state index contributed by atoms with van der Waals surface area (Å²) in [5.74, 6) is 0.214. The largest absolute Gasteiger partial charge is 0.473 e. The van der Waals surface area contributed by atoms with Gasteiger partial charge in [-0.25, -0.2) is 4.98 Å². The number of carbonyl (C=O) groups is 1. The van der Waals surface area contributed by atoms with Crippen LogP contribution in [-0.2, 0) is 11.4 Å². The van der Waals surface area contributed by atoms with E-state index in [0.717, 1.165) is 5.56 Å². The summed E-state index contributed by atoms with van der Waals surface area (Å²) in [5.41, 5.74) is 1.66. The molecule has 8 heteroatoms. The summed E-state index contributed by atoms with van der Waals surface area (Å²) >= 11 is 0. The number of ether oxygens (including phenoxy) is 1. The Morgan fingerprint density at radius 1 is 1.17 bits per heavy atom. The lowest BCUT2D eigenvalue weighted by Gasteiger charge is -2.05. The molecule has 2 heterocycles. The van der Waals surface area contributed by atoms with Gasteiger partial charge in [0.15, 0.2) is 0 Å². The number of anilines is 1. The van der Waals surface area contributed by atoms with Crippen LogP contribution < -0.4 is 10.1 Å². The molecule has 8 nitrogen and oxygen atoms in total. The predicted octanol–water partition coefficient (Wildman–Crippen LogP) is 1.83. The van der Waals surface area contributed by atoms with Gasteiger partial charge in [-0.3, -0.25) is 10.1 Å². The number of pyridine rings is 1. The highest BCUT2D eigenvalue weighted by Gasteiger charge is 2.02. The molecule has 0 unspecified atom stereocenters. The number of hydrogen-bond donors (Lipinski definition) is 2. The fraction of sp³-hybridized carbons (Fsp3) is 0.0625. The molecule has 2 aromatic heterocycles. The normalized spacial score (nSPS) is 10.7. The molecule has 0 bridgehead atoms. The molecule has 3 aromatic rings. The van der Waals surface area contributed by atoms with Gasteiger partial charge in [-0.15, -0.1) is 5.10 Å². The minimum atomic E-state index is -0.381. The molecule has 2 N–H and O–H groups in total. The van der Waals surface area contributed by atoms with Gasteiger partial charge < -0.3 is 4.74 Å². The van der Waals surface area contributed by atoms with Gasteiger partial charge in [0.05, 0.1) is 5.69 Å². The van der Waals surface area contributed by atoms with E-state index in [1.807, 2.05) is 36.4 Å². The zero-order valence-electron chi connectivity index (χ0n) is 12.6. The fourth-order valence-corrected chi connectivity index (χ4v) is 1.86. The average molecular weight is 322 g/mol. The summed E-state index contributed by atoms with van der Waals surface area (Å²) in [6.07, 6.45) is 2.91. The monoisotopic (exact) mass is 322 g/mol. The number of carbonyl (C=O) groups excluding carboxylic acids is 1. The lowest BCUT2D eigenvalue weighted by molar-refractivity contribution is -0.111. The van der Waals surface area contributed by atoms with E-state index in [1.165, 1.54) is 6.08 Å². The van der Waals surface area contributed by atoms with Crippen molar-refractivity contribution in [3.05, 3.63) is 65.9 Å². The number of benzene rings is 1. The Morgan fingerprint density at radius 2 is 2.04 bits per heavy atom. The molecule has 0 aliphatic heterocycles. The summed E-state index contributed by atoms with van der Waals surface area (Å²) in [6, 6.07) is 15.2. The summed E-state index contributed by atoms with van der Waals surface area (Å²) in [6.45, 7) is 0.430. The van der Waals surface area contributed by atoms with E-state index in [2.05, 4.69) is 30.9 Å². The number of amides is 1. The maximum absolute atomic E-state index is 11.7. The van der Waals surface area contributed by atoms with Crippen LogP contribution in [0.25, 0.3) is 6.08 Å². The molecule has 0 atom stereocenters. The Balaban J connectivity index is 1.58. The second kappa shape index (κ2) is 7.63. The van der Waals surface area contributed by atoms with Crippen molar-refractivity contribution in [3.8, 4) is 5.88 Å². The van der Waals surface area contributed by atoms with Crippen molar-refractivity contribution in [3.63, 3.8) is 0 Å². The molecular formula is C16H14N6O2. The molecular weight excluding hydrogens is 308 g/mol. The zero-order valence-corrected chi connectivity index (χ0v) is 12.6. The standard InChI is InChI=1S/C16H14N6O2/c23-14(18-16-19-21-22-20-16)10-9-13-7-4-8-15(17-13)24-11-12-5-2-1-3-6-12/h1-10H,11H2,(H2,18,19,20,21,22,23). The van der Waals surface area contributed by atoms with Crippen molar-refractivity contribution in [2.45, 2.75) is 6.61 Å². The lowest BCUT2D eigenvalue weighted by Crippen LogP contribution is -2.09. The van der Waals surface area contributed by atoms with E-state index < -0.39 is 0 Å². The third-order valence-electron chi connectivity index (χ3n) is 2.96. The molecule has 0 fully saturated rings. The molecule has 0 saturated carbocycles. The summed E-state index contributed by atoms with van der Waals surface area (Å²) in [4.78, 5) is 16.0. The Kier molecular flexibility index (Phi) is 4.88. The van der Waals surface area contributed by atoms with Crippen molar-refractivity contribution in [1.29, 1.82) is 0 Å². The Labute approximate surface area is 137 Å². The molecule has 0 aliphatic rings. The van der Waals surface area contributed by atoms with Crippen LogP contribution in [0.5, 0.6) is 5.88 Å². The van der Waals surface area contributed by atoms with Crippen LogP contribution in [0.3, 0.4) is 0 Å². The second-order valence-corrected chi connectivity index (χ2v) is 4.73. The van der Waals surface area contributed by atoms with Crippen molar-refractivity contribution >= 4 is 17.9 Å². The SMILES string of the molecule is O=C(C=Cc1cccc(OCc2ccccc2)n1)Nc1nn[nH]n1. The van der Waals surface area contributed by atoms with Crippen LogP contribution in [-0.4, -0.2) is 31.5 Å². The van der Waals surface area contributed by atoms with E-state index in [0.29, 0.717) is 18.2 Å². The first-order valence-corrected chi connectivity index (χ1v) is 7.16. The summed E-state index contributed by atoms with van der Waals surface area (Å²) in [7, 11) is 0. The number of H-pyrrole nitrogens is 1. The van der Waals surface area contributed by atoms with Crippen molar-refractivity contribution in [2.75, 3.05) is 5.32 Å². The van der Waals surface area contributed by atoms with Gasteiger partial charge in [0.2, 0.25) is 5.88 Å². The number of aromatic nitrogens is 5. The van der Waals surface area contributed by atoms with Gasteiger partial charge in [-0.1, -0.05) is 41.5 Å². The zero-order chi connectivity index (χ0) is 16.6. The predicted molar refractivity (Wildman–Crippen MR) is 86.9 cm³/mol. The average Bonchev–Trinajstić information content (AvgIpc) is 3.12. The smallest absolute Gasteiger partial charge is 0.270 e. The van der Waals surface area contributed by atoms with Gasteiger partial charge in [0, 0.05) is 12.1 Å². The molecule has 0 aliphatic carbocycles. The highest BCUT2D eigenvalue weighted by molar-refractivity contribution is 6.00. The van der Waals surface area contributed by atoms with E-state index in [9.17, 15) is 4.79 Å². The van der Waals surface area contributed by atoms with Crippen LogP contribution >= 0.6 is 0 Å². The molecule has 1 aromatic carbocycles. The van der Waals surface area contributed by atoms with Crippen LogP contribution in [0.2, 0.25) is 0 Å². The molecule has 1 amide bonds. The van der Waals surface area contributed by atoms with Crippen molar-refractivity contribution < 1.29 is 9.53 Å². The van der Waals surface area contributed by atoms with Crippen molar-refractivity contribution in [1.82, 2.24) is 25.6 Å². The van der Waals surface area contributed by atoms with Crippen LogP contribution in [0, 0.1) is 0 Å². The number of aromatic amines is 1. The second-order valence-electron chi connectivity index (χ2n) is 4.73. The van der Waals surface area contributed by atoms with Crippen LogP contribution in [0.4, 0.5) is 5.95 Å². The molecule has 3 rings (SSSR count). The lowest BCUT2D eigenvalue weighted by atomic mass is 10.2. The highest BCUT2D eigenvalue weighted by atomic mass is 16.5. The third kappa shape index (κ3) is 4.47. The van der Waals surface area contributed by atoms with Gasteiger partial charge in [-0.05, 0) is 22.9 Å². The number of hydrogen-bond acceptors (Lipinski definition) is 6. The van der Waals surface area contributed by atoms with Gasteiger partial charge in [-0.2, -0.15) is 5.21 Å². The maximum atomic E-state index is 11.7. The van der Waals surface area contributed by atoms with Gasteiger partial charge in [0.25, 0.3) is 11.9 Å². The first-order chi connectivity index (χ1) is 11.8. The highest BCUT2D eigenvalue weighted by Crippen LogP contribution is 2.11. The molecule has 0 saturated heterocycles. The Morgan fingerprint density at radius 3 is 2.83 bits per heavy atom. The van der Waals surface area contributed by atoms with E-state index in [1.54, 1.807) is 18.2 Å². The maximum Gasteiger partial charge on any atom is 0.270 e. The number of rotatable bonds is 6. The van der Waals surface area contributed by atoms with Gasteiger partial charge >= 0.3 is 0 Å². The Hall–Kier alpha value is -3.55. The van der Waals surface area contributed by atoms with Crippen LogP contribution in [0.1, 0.15) is 11.3 Å². The number of nitrogens with zero attached hydrogens (tertiary/aromatic N) is 4. The van der Waals surface area contributed by atoms with Gasteiger partial charge in [0.1, 0.15) is 6.61 Å². The minimum Gasteiger partial charge on any atom is -0.473 e. The molecule has 0 radical (unpaired) electrons. The number of nitrogens with one attached hydrogen (secondary N) is 2. The summed E-state index contributed by atoms with van der Waals surface area (Å²) in [5, 5.41) is 15.3. The van der Waals surface area contributed by atoms with E-state index in [4.69, 9.17) is 4.74 Å². The quantitative estimate of drug-likeness (QED) is 0.671. The topological polar surface area (TPSA) is 106 Å². The third-order valence-corrected chi connectivity index (χ3v) is 2.96. The van der Waals surface area contributed by atoms with Crippen molar-refractivity contribution in [2.24, 2.45) is 0 Å². The Bertz CT molecular complexity index is 818. The fourth-order valence-electron chi connectivity index (χ4n) is 1.86. The van der Waals surface area contributed by atoms with Crippen LogP contribution in [0.15, 0.2) is 54.6 Å². The molecule has 120 valence electrons. The first-order valence-electron chi connectivity index (χ1n) is 7.16. The number of tetrazole rings is 1. The van der Waals surface area contributed by atoms with E-state index >= 15 is 0 Å². The molecule has 0 spiro atoms.